The van der Waals surface area contributed by atoms with Crippen LogP contribution in [-0.2, 0) is 0 Å². The second-order valence-corrected chi connectivity index (χ2v) is 3.69. The molecule has 1 aromatic carbocycles. The molecule has 0 bridgehead atoms. The van der Waals surface area contributed by atoms with Crippen molar-refractivity contribution in [1.82, 2.24) is 4.98 Å². The number of halogens is 2. The van der Waals surface area contributed by atoms with Gasteiger partial charge in [0.2, 0.25) is 0 Å². The van der Waals surface area contributed by atoms with Crippen LogP contribution in [0.25, 0.3) is 10.9 Å². The molecule has 3 heteroatoms. The van der Waals surface area contributed by atoms with Crippen molar-refractivity contribution in [2.24, 2.45) is 0 Å². The van der Waals surface area contributed by atoms with E-state index >= 15 is 0 Å². The molecule has 1 aromatic heterocycles. The van der Waals surface area contributed by atoms with Crippen molar-refractivity contribution in [3.05, 3.63) is 40.0 Å². The summed E-state index contributed by atoms with van der Waals surface area (Å²) in [6, 6.07) is 9.65. The molecule has 0 saturated carbocycles. The molecule has 2 rings (SSSR count). The zero-order chi connectivity index (χ0) is 8.55. The SMILES string of the molecule is Clc1cc(Br)c2ccccc2n1. The van der Waals surface area contributed by atoms with Crippen molar-refractivity contribution in [2.45, 2.75) is 0 Å². The van der Waals surface area contributed by atoms with Crippen LogP contribution >= 0.6 is 27.5 Å². The van der Waals surface area contributed by atoms with Crippen LogP contribution in [0.4, 0.5) is 0 Å². The Bertz CT molecular complexity index is 428. The highest BCUT2D eigenvalue weighted by atomic mass is 79.9. The number of benzene rings is 1. The number of nitrogens with zero attached hydrogens (tertiary/aromatic N) is 1. The maximum absolute atomic E-state index is 5.78. The Morgan fingerprint density at radius 1 is 1.25 bits per heavy atom. The first kappa shape index (κ1) is 8.02. The van der Waals surface area contributed by atoms with E-state index in [1.54, 1.807) is 6.07 Å². The summed E-state index contributed by atoms with van der Waals surface area (Å²) in [5.41, 5.74) is 0.914. The highest BCUT2D eigenvalue weighted by molar-refractivity contribution is 9.10. The van der Waals surface area contributed by atoms with Gasteiger partial charge in [-0.25, -0.2) is 4.98 Å². The van der Waals surface area contributed by atoms with Gasteiger partial charge in [-0.3, -0.25) is 0 Å². The number of pyridine rings is 1. The standard InChI is InChI=1S/C9H5BrClN/c10-7-5-9(11)12-8-4-2-1-3-6(7)8/h1-5H. The molecular weight excluding hydrogens is 237 g/mol. The maximum Gasteiger partial charge on any atom is 0.130 e. The third kappa shape index (κ3) is 1.32. The fourth-order valence-electron chi connectivity index (χ4n) is 1.10. The van der Waals surface area contributed by atoms with E-state index in [0.717, 1.165) is 15.4 Å². The summed E-state index contributed by atoms with van der Waals surface area (Å²) in [5, 5.41) is 1.60. The molecule has 60 valence electrons. The first-order valence-corrected chi connectivity index (χ1v) is 4.65. The van der Waals surface area contributed by atoms with E-state index in [1.807, 2.05) is 24.3 Å². The predicted molar refractivity (Wildman–Crippen MR) is 54.5 cm³/mol. The second kappa shape index (κ2) is 3.04. The molecular formula is C9H5BrClN. The average molecular weight is 243 g/mol. The minimum atomic E-state index is 0.514. The number of aromatic nitrogens is 1. The lowest BCUT2D eigenvalue weighted by Crippen LogP contribution is -1.80. The third-order valence-corrected chi connectivity index (χ3v) is 2.48. The average Bonchev–Trinajstić information content (AvgIpc) is 2.04. The van der Waals surface area contributed by atoms with Crippen LogP contribution in [0.1, 0.15) is 0 Å². The van der Waals surface area contributed by atoms with Crippen molar-refractivity contribution in [1.29, 1.82) is 0 Å². The van der Waals surface area contributed by atoms with Crippen molar-refractivity contribution >= 4 is 38.4 Å². The highest BCUT2D eigenvalue weighted by Gasteiger charge is 1.99. The number of rotatable bonds is 0. The van der Waals surface area contributed by atoms with Crippen molar-refractivity contribution in [3.8, 4) is 0 Å². The number of fused-ring (bicyclic) bond motifs is 1. The molecule has 0 N–H and O–H groups in total. The fourth-order valence-corrected chi connectivity index (χ4v) is 1.99. The smallest absolute Gasteiger partial charge is 0.130 e. The minimum absolute atomic E-state index is 0.514. The van der Waals surface area contributed by atoms with Gasteiger partial charge >= 0.3 is 0 Å². The van der Waals surface area contributed by atoms with Gasteiger partial charge in [-0.1, -0.05) is 29.8 Å². The van der Waals surface area contributed by atoms with E-state index in [2.05, 4.69) is 20.9 Å². The minimum Gasteiger partial charge on any atom is -0.236 e. The number of hydrogen-bond acceptors (Lipinski definition) is 1. The van der Waals surface area contributed by atoms with E-state index < -0.39 is 0 Å². The van der Waals surface area contributed by atoms with Crippen LogP contribution in [0.15, 0.2) is 34.8 Å². The first-order valence-electron chi connectivity index (χ1n) is 3.48. The Morgan fingerprint density at radius 3 is 2.83 bits per heavy atom. The zero-order valence-electron chi connectivity index (χ0n) is 6.09. The molecule has 0 aliphatic heterocycles. The summed E-state index contributed by atoms with van der Waals surface area (Å²) in [4.78, 5) is 4.17. The van der Waals surface area contributed by atoms with Gasteiger partial charge in [0, 0.05) is 9.86 Å². The first-order chi connectivity index (χ1) is 5.77. The molecule has 0 saturated heterocycles. The predicted octanol–water partition coefficient (Wildman–Crippen LogP) is 3.65. The molecule has 2 aromatic rings. The van der Waals surface area contributed by atoms with Crippen LogP contribution in [0, 0.1) is 0 Å². The van der Waals surface area contributed by atoms with Gasteiger partial charge < -0.3 is 0 Å². The van der Waals surface area contributed by atoms with Crippen LogP contribution in [0.5, 0.6) is 0 Å². The van der Waals surface area contributed by atoms with E-state index in [0.29, 0.717) is 5.15 Å². The van der Waals surface area contributed by atoms with E-state index in [9.17, 15) is 0 Å². The molecule has 0 radical (unpaired) electrons. The molecule has 0 aliphatic rings. The third-order valence-electron chi connectivity index (χ3n) is 1.63. The normalized spacial score (nSPS) is 10.5. The lowest BCUT2D eigenvalue weighted by atomic mass is 10.2. The van der Waals surface area contributed by atoms with Gasteiger partial charge in [-0.2, -0.15) is 0 Å². The molecule has 0 amide bonds. The van der Waals surface area contributed by atoms with Crippen molar-refractivity contribution < 1.29 is 0 Å². The summed E-state index contributed by atoms with van der Waals surface area (Å²) in [6.45, 7) is 0. The molecule has 0 spiro atoms. The van der Waals surface area contributed by atoms with E-state index in [-0.39, 0.29) is 0 Å². The topological polar surface area (TPSA) is 12.9 Å². The van der Waals surface area contributed by atoms with Crippen molar-refractivity contribution in [2.75, 3.05) is 0 Å². The Balaban J connectivity index is 2.89. The zero-order valence-corrected chi connectivity index (χ0v) is 8.43. The van der Waals surface area contributed by atoms with Crippen LogP contribution in [0.3, 0.4) is 0 Å². The number of hydrogen-bond donors (Lipinski definition) is 0. The van der Waals surface area contributed by atoms with E-state index in [4.69, 9.17) is 11.6 Å². The monoisotopic (exact) mass is 241 g/mol. The largest absolute Gasteiger partial charge is 0.236 e. The van der Waals surface area contributed by atoms with Gasteiger partial charge in [0.1, 0.15) is 5.15 Å². The summed E-state index contributed by atoms with van der Waals surface area (Å²) in [5.74, 6) is 0. The van der Waals surface area contributed by atoms with E-state index in [1.165, 1.54) is 0 Å². The summed E-state index contributed by atoms with van der Waals surface area (Å²) >= 11 is 9.21. The molecule has 0 aliphatic carbocycles. The second-order valence-electron chi connectivity index (χ2n) is 2.44. The molecule has 0 unspecified atom stereocenters. The Kier molecular flexibility index (Phi) is 2.03. The van der Waals surface area contributed by atoms with Crippen LogP contribution in [-0.4, -0.2) is 4.98 Å². The summed E-state index contributed by atoms with van der Waals surface area (Å²) < 4.78 is 0.984. The van der Waals surface area contributed by atoms with Crippen LogP contribution < -0.4 is 0 Å². The fraction of sp³-hybridized carbons (Fsp3) is 0. The summed E-state index contributed by atoms with van der Waals surface area (Å²) in [7, 11) is 0. The van der Waals surface area contributed by atoms with Crippen molar-refractivity contribution in [3.63, 3.8) is 0 Å². The molecule has 0 fully saturated rings. The Hall–Kier alpha value is -0.600. The van der Waals surface area contributed by atoms with Gasteiger partial charge in [0.25, 0.3) is 0 Å². The molecule has 1 nitrogen and oxygen atoms in total. The molecule has 0 atom stereocenters. The Morgan fingerprint density at radius 2 is 2.00 bits per heavy atom. The van der Waals surface area contributed by atoms with Gasteiger partial charge in [0.15, 0.2) is 0 Å². The molecule has 12 heavy (non-hydrogen) atoms. The quantitative estimate of drug-likeness (QED) is 0.643. The van der Waals surface area contributed by atoms with Crippen LogP contribution in [0.2, 0.25) is 5.15 Å². The highest BCUT2D eigenvalue weighted by Crippen LogP contribution is 2.24. The summed E-state index contributed by atoms with van der Waals surface area (Å²) in [6.07, 6.45) is 0. The number of para-hydroxylation sites is 1. The van der Waals surface area contributed by atoms with Gasteiger partial charge in [-0.15, -0.1) is 0 Å². The lowest BCUT2D eigenvalue weighted by Gasteiger charge is -1.99. The maximum atomic E-state index is 5.78. The Labute approximate surface area is 83.5 Å². The van der Waals surface area contributed by atoms with Gasteiger partial charge in [-0.05, 0) is 28.1 Å². The van der Waals surface area contributed by atoms with Gasteiger partial charge in [0.05, 0.1) is 5.52 Å². The molecule has 1 heterocycles. The lowest BCUT2D eigenvalue weighted by molar-refractivity contribution is 1.40.